The van der Waals surface area contributed by atoms with Crippen LogP contribution in [0.3, 0.4) is 0 Å². The van der Waals surface area contributed by atoms with E-state index in [1.54, 1.807) is 25.7 Å². The predicted molar refractivity (Wildman–Crippen MR) is 98.2 cm³/mol. The van der Waals surface area contributed by atoms with Crippen molar-refractivity contribution in [3.05, 3.63) is 22.5 Å². The van der Waals surface area contributed by atoms with Crippen LogP contribution in [0.1, 0.15) is 65.2 Å². The highest BCUT2D eigenvalue weighted by Gasteiger charge is 2.31. The first-order valence-corrected chi connectivity index (χ1v) is 9.33. The van der Waals surface area contributed by atoms with Crippen molar-refractivity contribution in [2.45, 2.75) is 47.0 Å². The molecule has 1 aliphatic heterocycles. The smallest absolute Gasteiger partial charge is 0.340 e. The van der Waals surface area contributed by atoms with Crippen molar-refractivity contribution in [1.29, 1.82) is 0 Å². The summed E-state index contributed by atoms with van der Waals surface area (Å²) in [5.41, 5.74) is 2.05. The Hall–Kier alpha value is -2.31. The number of aromatic amines is 1. The van der Waals surface area contributed by atoms with Crippen molar-refractivity contribution in [2.24, 2.45) is 5.92 Å². The van der Waals surface area contributed by atoms with Crippen LogP contribution in [0.25, 0.3) is 0 Å². The minimum absolute atomic E-state index is 0.0101. The molecular formula is C19H29N3O4. The molecule has 0 aliphatic carbocycles. The highest BCUT2D eigenvalue weighted by molar-refractivity contribution is 6.00. The standard InChI is InChI=1S/C19H29N3O4/c1-5-9-20-17(23)14-8-7-10-22(11-14)18(24)16-12(3)15(13(4)21-16)19(25)26-6-2/h14,21H,5-11H2,1-4H3,(H,20,23)/t14-/m0/s1. The van der Waals surface area contributed by atoms with Gasteiger partial charge in [-0.3, -0.25) is 9.59 Å². The summed E-state index contributed by atoms with van der Waals surface area (Å²) in [6.45, 7) is 9.22. The highest BCUT2D eigenvalue weighted by atomic mass is 16.5. The molecule has 0 saturated carbocycles. The summed E-state index contributed by atoms with van der Waals surface area (Å²) in [5, 5.41) is 2.91. The van der Waals surface area contributed by atoms with E-state index < -0.39 is 5.97 Å². The van der Waals surface area contributed by atoms with Gasteiger partial charge in [-0.2, -0.15) is 0 Å². The van der Waals surface area contributed by atoms with Gasteiger partial charge in [-0.25, -0.2) is 4.79 Å². The average Bonchev–Trinajstić information content (AvgIpc) is 2.93. The lowest BCUT2D eigenvalue weighted by Gasteiger charge is -2.32. The fourth-order valence-electron chi connectivity index (χ4n) is 3.40. The van der Waals surface area contributed by atoms with E-state index in [0.29, 0.717) is 42.1 Å². The molecule has 7 heteroatoms. The molecule has 1 saturated heterocycles. The van der Waals surface area contributed by atoms with E-state index in [4.69, 9.17) is 4.74 Å². The molecule has 0 bridgehead atoms. The number of hydrogen-bond acceptors (Lipinski definition) is 4. The normalized spacial score (nSPS) is 17.1. The first kappa shape index (κ1) is 20.0. The number of nitrogens with one attached hydrogen (secondary N) is 2. The lowest BCUT2D eigenvalue weighted by Crippen LogP contribution is -2.45. The summed E-state index contributed by atoms with van der Waals surface area (Å²) in [7, 11) is 0. The number of esters is 1. The van der Waals surface area contributed by atoms with Crippen LogP contribution >= 0.6 is 0 Å². The van der Waals surface area contributed by atoms with Gasteiger partial charge in [0.05, 0.1) is 18.1 Å². The van der Waals surface area contributed by atoms with Crippen LogP contribution in [0, 0.1) is 19.8 Å². The number of ether oxygens (including phenoxy) is 1. The van der Waals surface area contributed by atoms with Crippen LogP contribution in [0.4, 0.5) is 0 Å². The van der Waals surface area contributed by atoms with Gasteiger partial charge in [0, 0.05) is 25.3 Å². The number of piperidine rings is 1. The van der Waals surface area contributed by atoms with E-state index >= 15 is 0 Å². The molecule has 7 nitrogen and oxygen atoms in total. The number of amides is 2. The van der Waals surface area contributed by atoms with E-state index in [0.717, 1.165) is 19.3 Å². The number of aryl methyl sites for hydroxylation is 1. The van der Waals surface area contributed by atoms with Gasteiger partial charge in [-0.05, 0) is 45.6 Å². The average molecular weight is 363 g/mol. The molecule has 0 aromatic carbocycles. The lowest BCUT2D eigenvalue weighted by molar-refractivity contribution is -0.126. The topological polar surface area (TPSA) is 91.5 Å². The molecule has 1 fully saturated rings. The maximum Gasteiger partial charge on any atom is 0.340 e. The summed E-state index contributed by atoms with van der Waals surface area (Å²) in [4.78, 5) is 42.0. The van der Waals surface area contributed by atoms with Gasteiger partial charge < -0.3 is 19.9 Å². The highest BCUT2D eigenvalue weighted by Crippen LogP contribution is 2.23. The van der Waals surface area contributed by atoms with Crippen LogP contribution in [0.15, 0.2) is 0 Å². The minimum atomic E-state index is -0.423. The van der Waals surface area contributed by atoms with Gasteiger partial charge in [0.1, 0.15) is 5.69 Å². The molecule has 2 N–H and O–H groups in total. The second-order valence-corrected chi connectivity index (χ2v) is 6.73. The number of nitrogens with zero attached hydrogens (tertiary/aromatic N) is 1. The quantitative estimate of drug-likeness (QED) is 0.758. The Bertz CT molecular complexity index is 681. The monoisotopic (exact) mass is 363 g/mol. The predicted octanol–water partition coefficient (Wildman–Crippen LogP) is 2.19. The molecule has 1 aliphatic rings. The Kier molecular flexibility index (Phi) is 6.83. The third kappa shape index (κ3) is 4.26. The fourth-order valence-corrected chi connectivity index (χ4v) is 3.40. The number of hydrogen-bond donors (Lipinski definition) is 2. The van der Waals surface area contributed by atoms with Crippen molar-refractivity contribution in [2.75, 3.05) is 26.2 Å². The third-order valence-electron chi connectivity index (χ3n) is 4.76. The molecule has 1 atom stereocenters. The zero-order valence-corrected chi connectivity index (χ0v) is 16.1. The van der Waals surface area contributed by atoms with E-state index in [1.165, 1.54) is 0 Å². The van der Waals surface area contributed by atoms with Gasteiger partial charge in [0.2, 0.25) is 5.91 Å². The number of H-pyrrole nitrogens is 1. The molecule has 0 radical (unpaired) electrons. The molecule has 2 rings (SSSR count). The number of likely N-dealkylation sites (tertiary alicyclic amines) is 1. The second-order valence-electron chi connectivity index (χ2n) is 6.73. The molecule has 0 spiro atoms. The van der Waals surface area contributed by atoms with Crippen LogP contribution in [-0.4, -0.2) is 53.9 Å². The van der Waals surface area contributed by atoms with Gasteiger partial charge in [0.25, 0.3) is 5.91 Å². The van der Waals surface area contributed by atoms with Crippen LogP contribution < -0.4 is 5.32 Å². The van der Waals surface area contributed by atoms with Crippen molar-refractivity contribution in [1.82, 2.24) is 15.2 Å². The Morgan fingerprint density at radius 3 is 2.65 bits per heavy atom. The Balaban J connectivity index is 2.14. The number of rotatable bonds is 6. The maximum atomic E-state index is 13.0. The second kappa shape index (κ2) is 8.87. The SMILES string of the molecule is CCCNC(=O)[C@H]1CCCN(C(=O)c2[nH]c(C)c(C(=O)OCC)c2C)C1. The van der Waals surface area contributed by atoms with Crippen LogP contribution in [0.5, 0.6) is 0 Å². The Labute approximate surface area is 154 Å². The third-order valence-corrected chi connectivity index (χ3v) is 4.76. The molecule has 2 heterocycles. The fraction of sp³-hybridized carbons (Fsp3) is 0.632. The number of aromatic nitrogens is 1. The van der Waals surface area contributed by atoms with Gasteiger partial charge >= 0.3 is 5.97 Å². The van der Waals surface area contributed by atoms with Gasteiger partial charge in [-0.1, -0.05) is 6.92 Å². The van der Waals surface area contributed by atoms with E-state index in [9.17, 15) is 14.4 Å². The molecule has 2 amide bonds. The van der Waals surface area contributed by atoms with E-state index in [1.807, 2.05) is 6.92 Å². The summed E-state index contributed by atoms with van der Waals surface area (Å²) in [5.74, 6) is -0.765. The zero-order chi connectivity index (χ0) is 19.3. The van der Waals surface area contributed by atoms with Crippen molar-refractivity contribution < 1.29 is 19.1 Å². The first-order chi connectivity index (χ1) is 12.4. The molecule has 144 valence electrons. The molecular weight excluding hydrogens is 334 g/mol. The molecule has 26 heavy (non-hydrogen) atoms. The summed E-state index contributed by atoms with van der Waals surface area (Å²) in [6, 6.07) is 0. The van der Waals surface area contributed by atoms with Crippen molar-refractivity contribution >= 4 is 17.8 Å². The zero-order valence-electron chi connectivity index (χ0n) is 16.1. The van der Waals surface area contributed by atoms with Crippen molar-refractivity contribution in [3.63, 3.8) is 0 Å². The molecule has 0 unspecified atom stereocenters. The Morgan fingerprint density at radius 1 is 1.27 bits per heavy atom. The van der Waals surface area contributed by atoms with Gasteiger partial charge in [-0.15, -0.1) is 0 Å². The van der Waals surface area contributed by atoms with E-state index in [-0.39, 0.29) is 24.3 Å². The number of carbonyl (C=O) groups is 3. The lowest BCUT2D eigenvalue weighted by atomic mass is 9.96. The molecule has 1 aromatic rings. The molecule has 1 aromatic heterocycles. The Morgan fingerprint density at radius 2 is 2.00 bits per heavy atom. The summed E-state index contributed by atoms with van der Waals surface area (Å²) < 4.78 is 5.08. The summed E-state index contributed by atoms with van der Waals surface area (Å²) >= 11 is 0. The van der Waals surface area contributed by atoms with Crippen molar-refractivity contribution in [3.8, 4) is 0 Å². The van der Waals surface area contributed by atoms with Crippen LogP contribution in [-0.2, 0) is 9.53 Å². The van der Waals surface area contributed by atoms with Crippen LogP contribution in [0.2, 0.25) is 0 Å². The van der Waals surface area contributed by atoms with E-state index in [2.05, 4.69) is 10.3 Å². The van der Waals surface area contributed by atoms with Gasteiger partial charge in [0.15, 0.2) is 0 Å². The summed E-state index contributed by atoms with van der Waals surface area (Å²) in [6.07, 6.45) is 2.47. The largest absolute Gasteiger partial charge is 0.462 e. The maximum absolute atomic E-state index is 13.0. The number of carbonyl (C=O) groups excluding carboxylic acids is 3. The minimum Gasteiger partial charge on any atom is -0.462 e. The first-order valence-electron chi connectivity index (χ1n) is 9.33.